The lowest BCUT2D eigenvalue weighted by Crippen LogP contribution is -1.91. The Labute approximate surface area is 86.0 Å². The maximum Gasteiger partial charge on any atom is 0.114 e. The van der Waals surface area contributed by atoms with Gasteiger partial charge >= 0.3 is 0 Å². The van der Waals surface area contributed by atoms with Crippen LogP contribution in [0.25, 0.3) is 22.1 Å². The molecule has 0 spiro atoms. The summed E-state index contributed by atoms with van der Waals surface area (Å²) in [5.41, 5.74) is 4.41. The van der Waals surface area contributed by atoms with E-state index in [0.717, 1.165) is 29.5 Å². The summed E-state index contributed by atoms with van der Waals surface area (Å²) in [5.74, 6) is 1.21. The molecule has 0 aliphatic carbocycles. The van der Waals surface area contributed by atoms with E-state index in [-0.39, 0.29) is 0 Å². The van der Waals surface area contributed by atoms with E-state index in [9.17, 15) is 0 Å². The number of aromatic nitrogens is 4. The molecule has 74 valence electrons. The zero-order chi connectivity index (χ0) is 9.83. The standard InChI is InChI=1S/C11H10N4/c1-2-9-14-8-4-3-7-10(13-6-12-7)11(8)15(9)5-1/h3-4,6H,1-2,5H2,(H,12,13). The molecule has 4 rings (SSSR count). The summed E-state index contributed by atoms with van der Waals surface area (Å²) in [5, 5.41) is 0. The molecule has 1 N–H and O–H groups in total. The number of benzene rings is 1. The van der Waals surface area contributed by atoms with E-state index in [4.69, 9.17) is 0 Å². The van der Waals surface area contributed by atoms with Crippen molar-refractivity contribution in [2.45, 2.75) is 19.4 Å². The van der Waals surface area contributed by atoms with Crippen molar-refractivity contribution in [3.8, 4) is 0 Å². The van der Waals surface area contributed by atoms with Crippen LogP contribution in [-0.2, 0) is 13.0 Å². The van der Waals surface area contributed by atoms with Crippen LogP contribution in [0, 0.1) is 0 Å². The van der Waals surface area contributed by atoms with Crippen LogP contribution >= 0.6 is 0 Å². The minimum atomic E-state index is 1.05. The van der Waals surface area contributed by atoms with Gasteiger partial charge < -0.3 is 9.55 Å². The number of aryl methyl sites for hydroxylation is 2. The SMILES string of the molecule is c1nc2c(ccc3nc4n(c32)CCC4)[nH]1. The molecule has 0 bridgehead atoms. The van der Waals surface area contributed by atoms with Crippen LogP contribution in [0.2, 0.25) is 0 Å². The van der Waals surface area contributed by atoms with E-state index in [1.54, 1.807) is 6.33 Å². The molecule has 0 fully saturated rings. The molecule has 1 aliphatic rings. The lowest BCUT2D eigenvalue weighted by molar-refractivity contribution is 0.772. The van der Waals surface area contributed by atoms with E-state index < -0.39 is 0 Å². The number of fused-ring (bicyclic) bond motifs is 5. The van der Waals surface area contributed by atoms with Crippen molar-refractivity contribution in [1.29, 1.82) is 0 Å². The first-order chi connectivity index (χ1) is 7.43. The molecule has 1 aliphatic heterocycles. The second kappa shape index (κ2) is 2.39. The van der Waals surface area contributed by atoms with Crippen LogP contribution in [0.5, 0.6) is 0 Å². The number of imidazole rings is 2. The zero-order valence-corrected chi connectivity index (χ0v) is 8.20. The van der Waals surface area contributed by atoms with Crippen molar-refractivity contribution in [3.05, 3.63) is 24.3 Å². The number of hydrogen-bond acceptors (Lipinski definition) is 2. The molecule has 0 radical (unpaired) electrons. The van der Waals surface area contributed by atoms with Gasteiger partial charge in [-0.1, -0.05) is 0 Å². The largest absolute Gasteiger partial charge is 0.345 e. The molecule has 15 heavy (non-hydrogen) atoms. The van der Waals surface area contributed by atoms with Gasteiger partial charge in [0.2, 0.25) is 0 Å². The normalized spacial score (nSPS) is 15.2. The molecule has 2 aromatic heterocycles. The van der Waals surface area contributed by atoms with Gasteiger partial charge in [0.15, 0.2) is 0 Å². The highest BCUT2D eigenvalue weighted by atomic mass is 15.1. The second-order valence-electron chi connectivity index (χ2n) is 4.02. The molecule has 0 atom stereocenters. The first-order valence-electron chi connectivity index (χ1n) is 5.25. The van der Waals surface area contributed by atoms with Crippen molar-refractivity contribution in [2.24, 2.45) is 0 Å². The monoisotopic (exact) mass is 198 g/mol. The third-order valence-corrected chi connectivity index (χ3v) is 3.16. The summed E-state index contributed by atoms with van der Waals surface area (Å²) in [6.07, 6.45) is 4.05. The Hall–Kier alpha value is -1.84. The number of rotatable bonds is 0. The minimum Gasteiger partial charge on any atom is -0.345 e. The molecule has 3 aromatic rings. The Bertz CT molecular complexity index is 662. The average Bonchev–Trinajstić information content (AvgIpc) is 2.89. The molecule has 1 aromatic carbocycles. The van der Waals surface area contributed by atoms with Crippen molar-refractivity contribution in [3.63, 3.8) is 0 Å². The Balaban J connectivity index is 2.30. The van der Waals surface area contributed by atoms with Gasteiger partial charge in [0.25, 0.3) is 0 Å². The Morgan fingerprint density at radius 2 is 2.33 bits per heavy atom. The molecule has 4 nitrogen and oxygen atoms in total. The summed E-state index contributed by atoms with van der Waals surface area (Å²) in [6.45, 7) is 1.08. The van der Waals surface area contributed by atoms with Gasteiger partial charge in [-0.15, -0.1) is 0 Å². The van der Waals surface area contributed by atoms with Crippen LogP contribution in [0.3, 0.4) is 0 Å². The van der Waals surface area contributed by atoms with Crippen LogP contribution < -0.4 is 0 Å². The number of nitrogens with zero attached hydrogens (tertiary/aromatic N) is 3. The van der Waals surface area contributed by atoms with Gasteiger partial charge in [-0.2, -0.15) is 0 Å². The highest BCUT2D eigenvalue weighted by Gasteiger charge is 2.18. The van der Waals surface area contributed by atoms with Crippen LogP contribution in [0.1, 0.15) is 12.2 Å². The third kappa shape index (κ3) is 0.819. The van der Waals surface area contributed by atoms with Gasteiger partial charge in [0, 0.05) is 13.0 Å². The maximum atomic E-state index is 4.63. The predicted molar refractivity (Wildman–Crippen MR) is 57.7 cm³/mol. The lowest BCUT2D eigenvalue weighted by atomic mass is 10.2. The van der Waals surface area contributed by atoms with Gasteiger partial charge in [0.1, 0.15) is 11.3 Å². The lowest BCUT2D eigenvalue weighted by Gasteiger charge is -1.98. The van der Waals surface area contributed by atoms with E-state index in [2.05, 4.69) is 25.6 Å². The highest BCUT2D eigenvalue weighted by Crippen LogP contribution is 2.27. The molecular formula is C11H10N4. The maximum absolute atomic E-state index is 4.63. The number of hydrogen-bond donors (Lipinski definition) is 1. The fraction of sp³-hybridized carbons (Fsp3) is 0.273. The van der Waals surface area contributed by atoms with Gasteiger partial charge in [-0.05, 0) is 18.6 Å². The first-order valence-corrected chi connectivity index (χ1v) is 5.25. The van der Waals surface area contributed by atoms with E-state index in [0.29, 0.717) is 0 Å². The molecule has 0 amide bonds. The third-order valence-electron chi connectivity index (χ3n) is 3.16. The summed E-state index contributed by atoms with van der Waals surface area (Å²) in [4.78, 5) is 12.2. The first kappa shape index (κ1) is 7.45. The van der Waals surface area contributed by atoms with Crippen LogP contribution in [0.4, 0.5) is 0 Å². The van der Waals surface area contributed by atoms with Crippen molar-refractivity contribution < 1.29 is 0 Å². The fourth-order valence-corrected chi connectivity index (χ4v) is 2.49. The van der Waals surface area contributed by atoms with Crippen LogP contribution in [0.15, 0.2) is 18.5 Å². The Morgan fingerprint density at radius 3 is 3.33 bits per heavy atom. The molecule has 0 saturated heterocycles. The summed E-state index contributed by atoms with van der Waals surface area (Å²) in [6, 6.07) is 4.12. The topological polar surface area (TPSA) is 46.5 Å². The quantitative estimate of drug-likeness (QED) is 0.599. The molecule has 4 heteroatoms. The number of aromatic amines is 1. The van der Waals surface area contributed by atoms with Crippen molar-refractivity contribution in [2.75, 3.05) is 0 Å². The van der Waals surface area contributed by atoms with E-state index in [1.165, 1.54) is 17.8 Å². The number of nitrogens with one attached hydrogen (secondary N) is 1. The zero-order valence-electron chi connectivity index (χ0n) is 8.20. The van der Waals surface area contributed by atoms with Gasteiger partial charge in [-0.25, -0.2) is 9.97 Å². The number of H-pyrrole nitrogens is 1. The van der Waals surface area contributed by atoms with Gasteiger partial charge in [-0.3, -0.25) is 0 Å². The van der Waals surface area contributed by atoms with Gasteiger partial charge in [0.05, 0.1) is 22.9 Å². The molecule has 0 unspecified atom stereocenters. The van der Waals surface area contributed by atoms with Crippen molar-refractivity contribution in [1.82, 2.24) is 19.5 Å². The molecular weight excluding hydrogens is 188 g/mol. The van der Waals surface area contributed by atoms with E-state index >= 15 is 0 Å². The van der Waals surface area contributed by atoms with E-state index in [1.807, 2.05) is 6.07 Å². The predicted octanol–water partition coefficient (Wildman–Crippen LogP) is 1.86. The minimum absolute atomic E-state index is 1.05. The Morgan fingerprint density at radius 1 is 1.33 bits per heavy atom. The van der Waals surface area contributed by atoms with Crippen molar-refractivity contribution >= 4 is 22.1 Å². The smallest absolute Gasteiger partial charge is 0.114 e. The molecule has 0 saturated carbocycles. The summed E-state index contributed by atoms with van der Waals surface area (Å²) < 4.78 is 2.30. The average molecular weight is 198 g/mol. The second-order valence-corrected chi connectivity index (χ2v) is 4.02. The van der Waals surface area contributed by atoms with Crippen LogP contribution in [-0.4, -0.2) is 19.5 Å². The molecule has 3 heterocycles. The fourth-order valence-electron chi connectivity index (χ4n) is 2.49. The highest BCUT2D eigenvalue weighted by molar-refractivity contribution is 6.00. The summed E-state index contributed by atoms with van der Waals surface area (Å²) >= 11 is 0. The summed E-state index contributed by atoms with van der Waals surface area (Å²) in [7, 11) is 0. The Kier molecular flexibility index (Phi) is 1.19.